The Hall–Kier alpha value is -2.85. The summed E-state index contributed by atoms with van der Waals surface area (Å²) in [5, 5.41) is 9.50. The number of nitrogens with one attached hydrogen (secondary N) is 1. The van der Waals surface area contributed by atoms with Gasteiger partial charge >= 0.3 is 0 Å². The first-order valence-electron chi connectivity index (χ1n) is 11.5. The molecule has 0 radical (unpaired) electrons. The lowest BCUT2D eigenvalue weighted by molar-refractivity contribution is -0.128. The second-order valence-corrected chi connectivity index (χ2v) is 11.0. The molecule has 4 rings (SSSR count). The molecule has 2 aliphatic rings. The van der Waals surface area contributed by atoms with Gasteiger partial charge < -0.3 is 19.5 Å². The lowest BCUT2D eigenvalue weighted by atomic mass is 10.2. The lowest BCUT2D eigenvalue weighted by Crippen LogP contribution is -2.43. The predicted molar refractivity (Wildman–Crippen MR) is 127 cm³/mol. The van der Waals surface area contributed by atoms with Crippen LogP contribution in [0.5, 0.6) is 11.5 Å². The summed E-state index contributed by atoms with van der Waals surface area (Å²) in [5.74, 6) is 0.954. The molecule has 0 spiro atoms. The van der Waals surface area contributed by atoms with Crippen LogP contribution < -0.4 is 19.1 Å². The molecule has 34 heavy (non-hydrogen) atoms. The maximum Gasteiger partial charge on any atom is 0.281 e. The summed E-state index contributed by atoms with van der Waals surface area (Å²) < 4.78 is 40.0. The number of nitrogens with zero attached hydrogens (tertiary/aromatic N) is 2. The smallest absolute Gasteiger partial charge is 0.281 e. The first-order valence-corrected chi connectivity index (χ1v) is 13.0. The molecule has 1 aromatic heterocycles. The van der Waals surface area contributed by atoms with Crippen LogP contribution in [-0.4, -0.2) is 55.8 Å². The summed E-state index contributed by atoms with van der Waals surface area (Å²) in [6.45, 7) is 7.43. The number of anilines is 1. The minimum atomic E-state index is -4.21. The van der Waals surface area contributed by atoms with Gasteiger partial charge in [0.1, 0.15) is 5.82 Å². The lowest BCUT2D eigenvalue weighted by Gasteiger charge is -2.21. The Morgan fingerprint density at radius 2 is 2.03 bits per heavy atom. The third kappa shape index (κ3) is 5.44. The number of carbonyl (C=O) groups is 1. The summed E-state index contributed by atoms with van der Waals surface area (Å²) >= 11 is 0. The second kappa shape index (κ2) is 9.42. The van der Waals surface area contributed by atoms with E-state index < -0.39 is 27.6 Å². The maximum atomic E-state index is 13.0. The van der Waals surface area contributed by atoms with Gasteiger partial charge in [0.2, 0.25) is 0 Å². The van der Waals surface area contributed by atoms with Crippen LogP contribution in [-0.2, 0) is 14.8 Å². The van der Waals surface area contributed by atoms with E-state index in [1.807, 2.05) is 31.7 Å². The molecule has 1 atom stereocenters. The van der Waals surface area contributed by atoms with Gasteiger partial charge in [0.15, 0.2) is 22.1 Å². The number of hydrogen-bond donors (Lipinski definition) is 2. The van der Waals surface area contributed by atoms with Crippen molar-refractivity contribution < 1.29 is 27.8 Å². The van der Waals surface area contributed by atoms with Crippen molar-refractivity contribution in [2.24, 2.45) is 5.92 Å². The Balaban J connectivity index is 1.49. The van der Waals surface area contributed by atoms with Crippen LogP contribution in [0.1, 0.15) is 38.7 Å². The molecule has 2 fully saturated rings. The molecule has 0 unspecified atom stereocenters. The molecule has 1 amide bonds. The van der Waals surface area contributed by atoms with Gasteiger partial charge in [-0.3, -0.25) is 4.79 Å². The van der Waals surface area contributed by atoms with Gasteiger partial charge in [-0.15, -0.1) is 0 Å². The van der Waals surface area contributed by atoms with Crippen molar-refractivity contribution in [2.75, 3.05) is 24.6 Å². The summed E-state index contributed by atoms with van der Waals surface area (Å²) in [6, 6.07) is 10.1. The molecular weight excluding hydrogens is 458 g/mol. The van der Waals surface area contributed by atoms with Crippen LogP contribution in [0.4, 0.5) is 5.82 Å². The van der Waals surface area contributed by atoms with Gasteiger partial charge in [-0.25, -0.2) is 9.71 Å². The van der Waals surface area contributed by atoms with Gasteiger partial charge in [0.25, 0.3) is 15.9 Å². The fourth-order valence-electron chi connectivity index (χ4n) is 3.72. The van der Waals surface area contributed by atoms with Crippen molar-refractivity contribution in [3.8, 4) is 11.5 Å². The topological polar surface area (TPSA) is 118 Å². The largest absolute Gasteiger partial charge is 0.489 e. The molecule has 1 aliphatic heterocycles. The molecular formula is C24H31N3O6S. The number of sulfonamides is 1. The molecule has 9 nitrogen and oxygen atoms in total. The quantitative estimate of drug-likeness (QED) is 0.551. The Morgan fingerprint density at radius 3 is 2.68 bits per heavy atom. The fourth-order valence-corrected chi connectivity index (χ4v) is 4.72. The van der Waals surface area contributed by atoms with Gasteiger partial charge in [0, 0.05) is 25.9 Å². The minimum absolute atomic E-state index is 0.257. The molecule has 1 saturated carbocycles. The normalized spacial score (nSPS) is 19.2. The van der Waals surface area contributed by atoms with E-state index >= 15 is 0 Å². The standard InChI is InChI=1S/C24H31N3O6S/c1-16(2)15-32-19-8-7-17(3)13-20(19)33-24(10-11-24)23(29)26-34(30,31)22-6-4-5-21(25-22)27-12-9-18(28)14-27/h4-8,13,16,18,28H,9-12,14-15H2,1-3H3,(H,26,29)/t18-/m0/s1. The number of ether oxygens (including phenoxy) is 2. The number of benzene rings is 1. The highest BCUT2D eigenvalue weighted by atomic mass is 32.2. The summed E-state index contributed by atoms with van der Waals surface area (Å²) in [7, 11) is -4.21. The second-order valence-electron chi connectivity index (χ2n) is 9.41. The van der Waals surface area contributed by atoms with E-state index in [0.717, 1.165) is 5.56 Å². The Labute approximate surface area is 200 Å². The number of amides is 1. The predicted octanol–water partition coefficient (Wildman–Crippen LogP) is 2.41. The molecule has 1 saturated heterocycles. The highest BCUT2D eigenvalue weighted by Gasteiger charge is 2.54. The number of hydrogen-bond acceptors (Lipinski definition) is 8. The van der Waals surface area contributed by atoms with E-state index in [-0.39, 0.29) is 5.03 Å². The van der Waals surface area contributed by atoms with Crippen molar-refractivity contribution in [2.45, 2.75) is 56.8 Å². The Kier molecular flexibility index (Phi) is 6.73. The number of aliphatic hydroxyl groups is 1. The Morgan fingerprint density at radius 1 is 1.26 bits per heavy atom. The van der Waals surface area contributed by atoms with Gasteiger partial charge in [-0.2, -0.15) is 8.42 Å². The summed E-state index contributed by atoms with van der Waals surface area (Å²) in [6.07, 6.45) is 0.914. The Bertz CT molecular complexity index is 1160. The average Bonchev–Trinajstić information content (AvgIpc) is 3.44. The zero-order chi connectivity index (χ0) is 24.5. The SMILES string of the molecule is Cc1ccc(OCC(C)C)c(OC2(C(=O)NS(=O)(=O)c3cccc(N4CC[C@H](O)C4)n3)CC2)c1. The first kappa shape index (κ1) is 24.3. The van der Waals surface area contributed by atoms with E-state index in [2.05, 4.69) is 9.71 Å². The van der Waals surface area contributed by atoms with Crippen LogP contribution in [0.3, 0.4) is 0 Å². The molecule has 2 N–H and O–H groups in total. The summed E-state index contributed by atoms with van der Waals surface area (Å²) in [5.41, 5.74) is -0.336. The zero-order valence-electron chi connectivity index (χ0n) is 19.7. The molecule has 0 bridgehead atoms. The van der Waals surface area contributed by atoms with Gasteiger partial charge in [0.05, 0.1) is 12.7 Å². The van der Waals surface area contributed by atoms with E-state index in [9.17, 15) is 18.3 Å². The maximum absolute atomic E-state index is 13.0. The van der Waals surface area contributed by atoms with E-state index in [1.165, 1.54) is 6.07 Å². The number of aliphatic hydroxyl groups excluding tert-OH is 1. The zero-order valence-corrected chi connectivity index (χ0v) is 20.5. The fraction of sp³-hybridized carbons (Fsp3) is 0.500. The van der Waals surface area contributed by atoms with Crippen LogP contribution >= 0.6 is 0 Å². The molecule has 10 heteroatoms. The highest BCUT2D eigenvalue weighted by Crippen LogP contribution is 2.43. The monoisotopic (exact) mass is 489 g/mol. The van der Waals surface area contributed by atoms with E-state index in [4.69, 9.17) is 9.47 Å². The van der Waals surface area contributed by atoms with E-state index in [0.29, 0.717) is 62.2 Å². The molecule has 1 aliphatic carbocycles. The average molecular weight is 490 g/mol. The van der Waals surface area contributed by atoms with Crippen LogP contribution in [0.15, 0.2) is 41.4 Å². The number of aromatic nitrogens is 1. The molecule has 2 heterocycles. The van der Waals surface area contributed by atoms with Crippen molar-refractivity contribution in [3.63, 3.8) is 0 Å². The molecule has 2 aromatic rings. The third-order valence-electron chi connectivity index (χ3n) is 5.79. The number of aryl methyl sites for hydroxylation is 1. The third-order valence-corrected chi connectivity index (χ3v) is 7.03. The highest BCUT2D eigenvalue weighted by molar-refractivity contribution is 7.90. The minimum Gasteiger partial charge on any atom is -0.489 e. The van der Waals surface area contributed by atoms with Crippen LogP contribution in [0.2, 0.25) is 0 Å². The van der Waals surface area contributed by atoms with Crippen molar-refractivity contribution in [3.05, 3.63) is 42.0 Å². The number of pyridine rings is 1. The number of carbonyl (C=O) groups excluding carboxylic acids is 1. The van der Waals surface area contributed by atoms with Gasteiger partial charge in [-0.05, 0) is 49.1 Å². The van der Waals surface area contributed by atoms with Crippen LogP contribution in [0.25, 0.3) is 0 Å². The first-order chi connectivity index (χ1) is 16.1. The van der Waals surface area contributed by atoms with Crippen molar-refractivity contribution >= 4 is 21.7 Å². The van der Waals surface area contributed by atoms with E-state index in [1.54, 1.807) is 24.3 Å². The number of rotatable bonds is 9. The molecule has 1 aromatic carbocycles. The van der Waals surface area contributed by atoms with Crippen molar-refractivity contribution in [1.82, 2.24) is 9.71 Å². The molecule has 184 valence electrons. The van der Waals surface area contributed by atoms with Gasteiger partial charge in [-0.1, -0.05) is 26.0 Å². The number of β-amino-alcohol motifs (C(OH)–C–C–N with tert-alkyl or cyclic N) is 1. The van der Waals surface area contributed by atoms with Crippen LogP contribution in [0, 0.1) is 12.8 Å². The van der Waals surface area contributed by atoms with Crippen molar-refractivity contribution in [1.29, 1.82) is 0 Å². The summed E-state index contributed by atoms with van der Waals surface area (Å²) in [4.78, 5) is 19.1.